The molecule has 3 N–H and O–H groups in total. The van der Waals surface area contributed by atoms with Crippen LogP contribution in [-0.4, -0.2) is 42.5 Å². The van der Waals surface area contributed by atoms with Crippen LogP contribution in [0.2, 0.25) is 0 Å². The number of H-pyrrole nitrogens is 1. The third-order valence-corrected chi connectivity index (χ3v) is 3.40. The van der Waals surface area contributed by atoms with Gasteiger partial charge >= 0.3 is 0 Å². The smallest absolute Gasteiger partial charge is 0.267 e. The van der Waals surface area contributed by atoms with E-state index in [0.717, 1.165) is 11.1 Å². The van der Waals surface area contributed by atoms with E-state index in [1.807, 2.05) is 6.07 Å². The van der Waals surface area contributed by atoms with E-state index >= 15 is 0 Å². The molecule has 2 aromatic rings. The molecule has 0 radical (unpaired) electrons. The number of fused-ring (bicyclic) bond motifs is 1. The Morgan fingerprint density at radius 3 is 2.77 bits per heavy atom. The molecule has 0 saturated carbocycles. The third-order valence-electron chi connectivity index (χ3n) is 3.40. The fraction of sp³-hybridized carbons (Fsp3) is 0.400. The second-order valence-corrected chi connectivity index (χ2v) is 4.76. The first-order valence-electron chi connectivity index (χ1n) is 7.15. The zero-order chi connectivity index (χ0) is 16.1. The van der Waals surface area contributed by atoms with Crippen molar-refractivity contribution in [3.63, 3.8) is 0 Å². The maximum absolute atomic E-state index is 12.0. The Balaban J connectivity index is 2.37. The highest BCUT2D eigenvalue weighted by Crippen LogP contribution is 2.23. The number of methoxy groups -OCH3 is 1. The van der Waals surface area contributed by atoms with Gasteiger partial charge in [-0.3, -0.25) is 9.59 Å². The van der Waals surface area contributed by atoms with Crippen LogP contribution in [0.4, 0.5) is 0 Å². The van der Waals surface area contributed by atoms with Gasteiger partial charge in [-0.1, -0.05) is 6.92 Å². The van der Waals surface area contributed by atoms with E-state index in [9.17, 15) is 9.59 Å². The van der Waals surface area contributed by atoms with Crippen LogP contribution in [-0.2, 0) is 11.2 Å². The number of carbonyl (C=O) groups excluding carboxylic acids is 2. The van der Waals surface area contributed by atoms with Gasteiger partial charge in [0.05, 0.1) is 18.1 Å². The Labute approximate surface area is 128 Å². The molecule has 2 aromatic heterocycles. The van der Waals surface area contributed by atoms with E-state index in [4.69, 9.17) is 4.74 Å². The van der Waals surface area contributed by atoms with Gasteiger partial charge in [0.25, 0.3) is 5.91 Å². The normalized spacial score (nSPS) is 10.5. The Morgan fingerprint density at radius 2 is 2.14 bits per heavy atom. The fourth-order valence-corrected chi connectivity index (χ4v) is 2.23. The number of rotatable bonds is 6. The molecular formula is C15H20N4O3. The number of carbonyl (C=O) groups is 2. The van der Waals surface area contributed by atoms with E-state index < -0.39 is 0 Å². The molecule has 22 heavy (non-hydrogen) atoms. The quantitative estimate of drug-likeness (QED) is 0.742. The zero-order valence-electron chi connectivity index (χ0n) is 12.9. The van der Waals surface area contributed by atoms with Crippen molar-refractivity contribution in [2.24, 2.45) is 0 Å². The summed E-state index contributed by atoms with van der Waals surface area (Å²) < 4.78 is 5.14. The van der Waals surface area contributed by atoms with Crippen LogP contribution < -0.4 is 15.4 Å². The van der Waals surface area contributed by atoms with Crippen molar-refractivity contribution in [3.05, 3.63) is 23.4 Å². The monoisotopic (exact) mass is 304 g/mol. The number of hydrogen-bond donors (Lipinski definition) is 3. The summed E-state index contributed by atoms with van der Waals surface area (Å²) in [5.74, 6) is 0.245. The summed E-state index contributed by atoms with van der Waals surface area (Å²) in [5, 5.41) is 5.41. The van der Waals surface area contributed by atoms with Gasteiger partial charge in [-0.05, 0) is 12.5 Å². The van der Waals surface area contributed by atoms with E-state index in [2.05, 4.69) is 20.6 Å². The summed E-state index contributed by atoms with van der Waals surface area (Å²) in [6.45, 7) is 2.24. The van der Waals surface area contributed by atoms with Crippen molar-refractivity contribution in [2.45, 2.75) is 19.8 Å². The van der Waals surface area contributed by atoms with Crippen molar-refractivity contribution >= 4 is 22.8 Å². The van der Waals surface area contributed by atoms with Crippen molar-refractivity contribution in [1.82, 2.24) is 20.6 Å². The molecular weight excluding hydrogens is 284 g/mol. The Bertz CT molecular complexity index is 693. The van der Waals surface area contributed by atoms with Gasteiger partial charge in [0.1, 0.15) is 5.69 Å². The topological polar surface area (TPSA) is 96.1 Å². The predicted molar refractivity (Wildman–Crippen MR) is 83.0 cm³/mol. The molecule has 0 unspecified atom stereocenters. The lowest BCUT2D eigenvalue weighted by atomic mass is 10.1. The maximum Gasteiger partial charge on any atom is 0.267 e. The first-order valence-corrected chi connectivity index (χ1v) is 7.15. The van der Waals surface area contributed by atoms with Crippen LogP contribution in [0.25, 0.3) is 11.0 Å². The Kier molecular flexibility index (Phi) is 4.98. The second-order valence-electron chi connectivity index (χ2n) is 4.76. The van der Waals surface area contributed by atoms with Crippen LogP contribution in [0, 0.1) is 0 Å². The minimum Gasteiger partial charge on any atom is -0.481 e. The van der Waals surface area contributed by atoms with Crippen molar-refractivity contribution in [1.29, 1.82) is 0 Å². The summed E-state index contributed by atoms with van der Waals surface area (Å²) in [6.07, 6.45) is 0.941. The van der Waals surface area contributed by atoms with Crippen LogP contribution in [0.15, 0.2) is 12.1 Å². The second kappa shape index (κ2) is 6.93. The molecule has 2 amide bonds. The summed E-state index contributed by atoms with van der Waals surface area (Å²) >= 11 is 0. The van der Waals surface area contributed by atoms with Gasteiger partial charge in [0.15, 0.2) is 0 Å². The van der Waals surface area contributed by atoms with Gasteiger partial charge in [0, 0.05) is 31.6 Å². The van der Waals surface area contributed by atoms with E-state index in [1.54, 1.807) is 27.1 Å². The number of nitrogens with one attached hydrogen (secondary N) is 3. The summed E-state index contributed by atoms with van der Waals surface area (Å²) in [6, 6.07) is 3.55. The van der Waals surface area contributed by atoms with Gasteiger partial charge in [0.2, 0.25) is 11.8 Å². The van der Waals surface area contributed by atoms with Crippen LogP contribution in [0.3, 0.4) is 0 Å². The van der Waals surface area contributed by atoms with Crippen molar-refractivity contribution in [3.8, 4) is 5.88 Å². The largest absolute Gasteiger partial charge is 0.481 e. The highest BCUT2D eigenvalue weighted by molar-refractivity contribution is 6.00. The highest BCUT2D eigenvalue weighted by Gasteiger charge is 2.18. The minimum atomic E-state index is -0.214. The van der Waals surface area contributed by atoms with Gasteiger partial charge in [-0.25, -0.2) is 4.98 Å². The molecule has 7 heteroatoms. The van der Waals surface area contributed by atoms with Crippen LogP contribution in [0.5, 0.6) is 5.88 Å². The van der Waals surface area contributed by atoms with E-state index in [1.165, 1.54) is 0 Å². The van der Waals surface area contributed by atoms with Crippen LogP contribution >= 0.6 is 0 Å². The summed E-state index contributed by atoms with van der Waals surface area (Å²) in [5.41, 5.74) is 2.67. The van der Waals surface area contributed by atoms with Crippen molar-refractivity contribution < 1.29 is 14.3 Å². The van der Waals surface area contributed by atoms with Gasteiger partial charge < -0.3 is 20.4 Å². The predicted octanol–water partition coefficient (Wildman–Crippen LogP) is 1.000. The number of amides is 2. The maximum atomic E-state index is 12.0. The van der Waals surface area contributed by atoms with Gasteiger partial charge in [-0.15, -0.1) is 0 Å². The molecule has 7 nitrogen and oxygen atoms in total. The number of pyridine rings is 1. The molecule has 0 aliphatic carbocycles. The standard InChI is InChI=1S/C15H20N4O3/c1-4-11(20)17-8-7-9-13-10(5-6-12(19-13)22-3)18-14(9)15(21)16-2/h5-6,18H,4,7-8H2,1-3H3,(H,16,21)(H,17,20). The number of aromatic amines is 1. The Hall–Kier alpha value is -2.57. The van der Waals surface area contributed by atoms with Crippen LogP contribution in [0.1, 0.15) is 29.4 Å². The molecule has 0 aliphatic rings. The number of nitrogens with zero attached hydrogens (tertiary/aromatic N) is 1. The lowest BCUT2D eigenvalue weighted by molar-refractivity contribution is -0.120. The average Bonchev–Trinajstić information content (AvgIpc) is 2.91. The molecule has 0 fully saturated rings. The number of ether oxygens (including phenoxy) is 1. The lowest BCUT2D eigenvalue weighted by Crippen LogP contribution is -2.26. The Morgan fingerprint density at radius 1 is 1.36 bits per heavy atom. The third kappa shape index (κ3) is 3.19. The van der Waals surface area contributed by atoms with Crippen molar-refractivity contribution in [2.75, 3.05) is 20.7 Å². The molecule has 0 atom stereocenters. The molecule has 0 saturated heterocycles. The highest BCUT2D eigenvalue weighted by atomic mass is 16.5. The molecule has 118 valence electrons. The SMILES string of the molecule is CCC(=O)NCCc1c(C(=O)NC)[nH]c2ccc(OC)nc12. The lowest BCUT2D eigenvalue weighted by Gasteiger charge is -2.05. The van der Waals surface area contributed by atoms with Gasteiger partial charge in [-0.2, -0.15) is 0 Å². The number of aromatic nitrogens is 2. The zero-order valence-corrected chi connectivity index (χ0v) is 12.9. The minimum absolute atomic E-state index is 0.0214. The fourth-order valence-electron chi connectivity index (χ4n) is 2.23. The summed E-state index contributed by atoms with van der Waals surface area (Å²) in [7, 11) is 3.12. The molecule has 2 heterocycles. The summed E-state index contributed by atoms with van der Waals surface area (Å²) in [4.78, 5) is 30.8. The van der Waals surface area contributed by atoms with E-state index in [-0.39, 0.29) is 11.8 Å². The molecule has 0 aliphatic heterocycles. The molecule has 0 aromatic carbocycles. The number of hydrogen-bond acceptors (Lipinski definition) is 4. The first-order chi connectivity index (χ1) is 10.6. The molecule has 0 bridgehead atoms. The first kappa shape index (κ1) is 15.8. The molecule has 2 rings (SSSR count). The molecule has 0 spiro atoms. The van der Waals surface area contributed by atoms with E-state index in [0.29, 0.717) is 36.5 Å². The average molecular weight is 304 g/mol.